The highest BCUT2D eigenvalue weighted by Gasteiger charge is 2.17. The summed E-state index contributed by atoms with van der Waals surface area (Å²) in [7, 11) is 0. The van der Waals surface area contributed by atoms with Gasteiger partial charge < -0.3 is 9.51 Å². The summed E-state index contributed by atoms with van der Waals surface area (Å²) in [6.45, 7) is 8.21. The van der Waals surface area contributed by atoms with E-state index in [0.29, 0.717) is 0 Å². The SMILES string of the molecule is Cc1cccc(C)c1-c1cc(-c2c(C)noc2C)cc2[nH]cnc12. The van der Waals surface area contributed by atoms with Gasteiger partial charge in [0, 0.05) is 11.1 Å². The lowest BCUT2D eigenvalue weighted by atomic mass is 9.91. The quantitative estimate of drug-likeness (QED) is 0.558. The Balaban J connectivity index is 2.08. The molecule has 120 valence electrons. The lowest BCUT2D eigenvalue weighted by Crippen LogP contribution is -1.91. The molecule has 4 aromatic rings. The minimum Gasteiger partial charge on any atom is -0.361 e. The van der Waals surface area contributed by atoms with E-state index in [9.17, 15) is 0 Å². The van der Waals surface area contributed by atoms with E-state index in [1.54, 1.807) is 6.33 Å². The van der Waals surface area contributed by atoms with Crippen molar-refractivity contribution in [3.8, 4) is 22.3 Å². The van der Waals surface area contributed by atoms with Crippen molar-refractivity contribution in [2.24, 2.45) is 0 Å². The summed E-state index contributed by atoms with van der Waals surface area (Å²) < 4.78 is 5.36. The van der Waals surface area contributed by atoms with Gasteiger partial charge in [-0.2, -0.15) is 0 Å². The molecule has 0 saturated heterocycles. The van der Waals surface area contributed by atoms with Crippen LogP contribution in [0.3, 0.4) is 0 Å². The molecular formula is C20H19N3O. The minimum atomic E-state index is 0.832. The highest BCUT2D eigenvalue weighted by molar-refractivity contribution is 5.97. The van der Waals surface area contributed by atoms with Gasteiger partial charge in [0.1, 0.15) is 5.76 Å². The highest BCUT2D eigenvalue weighted by atomic mass is 16.5. The number of aromatic amines is 1. The van der Waals surface area contributed by atoms with Gasteiger partial charge in [-0.3, -0.25) is 0 Å². The second kappa shape index (κ2) is 5.34. The molecule has 0 saturated carbocycles. The van der Waals surface area contributed by atoms with Crippen LogP contribution in [0.5, 0.6) is 0 Å². The van der Waals surface area contributed by atoms with Crippen LogP contribution >= 0.6 is 0 Å². The molecule has 0 aliphatic rings. The van der Waals surface area contributed by atoms with Gasteiger partial charge >= 0.3 is 0 Å². The summed E-state index contributed by atoms with van der Waals surface area (Å²) in [5.74, 6) is 0.832. The van der Waals surface area contributed by atoms with Gasteiger partial charge in [0.25, 0.3) is 0 Å². The van der Waals surface area contributed by atoms with Crippen molar-refractivity contribution in [3.63, 3.8) is 0 Å². The number of hydrogen-bond donors (Lipinski definition) is 1. The number of nitrogens with zero attached hydrogens (tertiary/aromatic N) is 2. The van der Waals surface area contributed by atoms with Gasteiger partial charge in [-0.1, -0.05) is 23.4 Å². The van der Waals surface area contributed by atoms with Crippen molar-refractivity contribution in [3.05, 3.63) is 59.2 Å². The molecule has 0 amide bonds. The average Bonchev–Trinajstić information content (AvgIpc) is 3.13. The molecule has 4 rings (SSSR count). The molecule has 0 spiro atoms. The number of nitrogens with one attached hydrogen (secondary N) is 1. The summed E-state index contributed by atoms with van der Waals surface area (Å²) in [6.07, 6.45) is 1.75. The Morgan fingerprint density at radius 2 is 1.71 bits per heavy atom. The van der Waals surface area contributed by atoms with E-state index in [0.717, 1.165) is 39.2 Å². The lowest BCUT2D eigenvalue weighted by Gasteiger charge is -2.12. The van der Waals surface area contributed by atoms with Gasteiger partial charge in [-0.25, -0.2) is 4.98 Å². The van der Waals surface area contributed by atoms with Gasteiger partial charge in [-0.15, -0.1) is 0 Å². The molecule has 4 nitrogen and oxygen atoms in total. The number of fused-ring (bicyclic) bond motifs is 1. The molecule has 0 bridgehead atoms. The molecule has 0 aliphatic heterocycles. The molecule has 0 aliphatic carbocycles. The molecule has 2 aromatic heterocycles. The smallest absolute Gasteiger partial charge is 0.141 e. The zero-order chi connectivity index (χ0) is 16.8. The first kappa shape index (κ1) is 14.7. The monoisotopic (exact) mass is 317 g/mol. The molecule has 2 heterocycles. The van der Waals surface area contributed by atoms with Gasteiger partial charge in [0.15, 0.2) is 0 Å². The largest absolute Gasteiger partial charge is 0.361 e. The van der Waals surface area contributed by atoms with Crippen molar-refractivity contribution in [1.82, 2.24) is 15.1 Å². The topological polar surface area (TPSA) is 54.7 Å². The summed E-state index contributed by atoms with van der Waals surface area (Å²) in [4.78, 5) is 7.80. The first-order valence-electron chi connectivity index (χ1n) is 8.03. The number of hydrogen-bond acceptors (Lipinski definition) is 3. The van der Waals surface area contributed by atoms with Crippen molar-refractivity contribution in [2.45, 2.75) is 27.7 Å². The Bertz CT molecular complexity index is 1020. The predicted octanol–water partition coefficient (Wildman–Crippen LogP) is 5.12. The van der Waals surface area contributed by atoms with Crippen LogP contribution < -0.4 is 0 Å². The van der Waals surface area contributed by atoms with Gasteiger partial charge in [-0.05, 0) is 62.1 Å². The Morgan fingerprint density at radius 1 is 0.958 bits per heavy atom. The fourth-order valence-corrected chi connectivity index (χ4v) is 3.52. The second-order valence-corrected chi connectivity index (χ2v) is 6.29. The zero-order valence-electron chi connectivity index (χ0n) is 14.3. The van der Waals surface area contributed by atoms with Crippen LogP contribution in [0.25, 0.3) is 33.3 Å². The van der Waals surface area contributed by atoms with E-state index in [1.165, 1.54) is 16.7 Å². The van der Waals surface area contributed by atoms with E-state index in [2.05, 4.69) is 59.3 Å². The Morgan fingerprint density at radius 3 is 2.38 bits per heavy atom. The average molecular weight is 317 g/mol. The van der Waals surface area contributed by atoms with Crippen LogP contribution in [0.1, 0.15) is 22.6 Å². The molecule has 24 heavy (non-hydrogen) atoms. The number of H-pyrrole nitrogens is 1. The number of benzene rings is 2. The third-order valence-corrected chi connectivity index (χ3v) is 4.60. The molecule has 1 N–H and O–H groups in total. The van der Waals surface area contributed by atoms with Crippen molar-refractivity contribution >= 4 is 11.0 Å². The van der Waals surface area contributed by atoms with Crippen molar-refractivity contribution in [2.75, 3.05) is 0 Å². The van der Waals surface area contributed by atoms with Crippen LogP contribution in [-0.4, -0.2) is 15.1 Å². The van der Waals surface area contributed by atoms with Crippen LogP contribution in [0.15, 0.2) is 41.2 Å². The molecule has 4 heteroatoms. The first-order valence-corrected chi connectivity index (χ1v) is 8.03. The molecule has 0 unspecified atom stereocenters. The van der Waals surface area contributed by atoms with Crippen LogP contribution in [0.2, 0.25) is 0 Å². The Hall–Kier alpha value is -2.88. The lowest BCUT2D eigenvalue weighted by molar-refractivity contribution is 0.393. The fourth-order valence-electron chi connectivity index (χ4n) is 3.52. The van der Waals surface area contributed by atoms with Gasteiger partial charge in [0.2, 0.25) is 0 Å². The highest BCUT2D eigenvalue weighted by Crippen LogP contribution is 2.37. The summed E-state index contributed by atoms with van der Waals surface area (Å²) in [6, 6.07) is 10.7. The van der Waals surface area contributed by atoms with E-state index >= 15 is 0 Å². The predicted molar refractivity (Wildman–Crippen MR) is 96.0 cm³/mol. The maximum absolute atomic E-state index is 5.36. The summed E-state index contributed by atoms with van der Waals surface area (Å²) in [5, 5.41) is 4.10. The fraction of sp³-hybridized carbons (Fsp3) is 0.200. The molecule has 0 radical (unpaired) electrons. The number of rotatable bonds is 2. The first-order chi connectivity index (χ1) is 11.6. The second-order valence-electron chi connectivity index (χ2n) is 6.29. The number of aryl methyl sites for hydroxylation is 4. The maximum Gasteiger partial charge on any atom is 0.141 e. The zero-order valence-corrected chi connectivity index (χ0v) is 14.3. The Labute approximate surface area is 140 Å². The third-order valence-electron chi connectivity index (χ3n) is 4.60. The minimum absolute atomic E-state index is 0.832. The van der Waals surface area contributed by atoms with Crippen molar-refractivity contribution < 1.29 is 4.52 Å². The van der Waals surface area contributed by atoms with E-state index < -0.39 is 0 Å². The summed E-state index contributed by atoms with van der Waals surface area (Å²) >= 11 is 0. The van der Waals surface area contributed by atoms with Crippen LogP contribution in [0, 0.1) is 27.7 Å². The van der Waals surface area contributed by atoms with Crippen LogP contribution in [-0.2, 0) is 0 Å². The van der Waals surface area contributed by atoms with E-state index in [1.807, 2.05) is 13.8 Å². The Kier molecular flexibility index (Phi) is 3.27. The molecule has 2 aromatic carbocycles. The van der Waals surface area contributed by atoms with Gasteiger partial charge in [0.05, 0.1) is 23.1 Å². The molecule has 0 fully saturated rings. The third kappa shape index (κ3) is 2.14. The molecular weight excluding hydrogens is 298 g/mol. The standard InChI is InChI=1S/C20H19N3O/c1-11-6-5-7-12(2)18(11)16-8-15(9-17-20(16)22-10-21-17)19-13(3)23-24-14(19)4/h5-10H,1-4H3,(H,21,22). The van der Waals surface area contributed by atoms with Crippen molar-refractivity contribution in [1.29, 1.82) is 0 Å². The number of imidazole rings is 1. The van der Waals surface area contributed by atoms with Crippen LogP contribution in [0.4, 0.5) is 0 Å². The number of aromatic nitrogens is 3. The summed E-state index contributed by atoms with van der Waals surface area (Å²) in [5.41, 5.74) is 9.93. The molecule has 0 atom stereocenters. The normalized spacial score (nSPS) is 11.3. The maximum atomic E-state index is 5.36. The van der Waals surface area contributed by atoms with E-state index in [4.69, 9.17) is 4.52 Å². The van der Waals surface area contributed by atoms with E-state index in [-0.39, 0.29) is 0 Å².